The van der Waals surface area contributed by atoms with Gasteiger partial charge in [0.2, 0.25) is 0 Å². The second-order valence-corrected chi connectivity index (χ2v) is 6.68. The summed E-state index contributed by atoms with van der Waals surface area (Å²) >= 11 is 0. The van der Waals surface area contributed by atoms with Crippen LogP contribution in [0.4, 0.5) is 0 Å². The van der Waals surface area contributed by atoms with Gasteiger partial charge in [0, 0.05) is 31.2 Å². The van der Waals surface area contributed by atoms with Crippen molar-refractivity contribution in [3.8, 4) is 0 Å². The van der Waals surface area contributed by atoms with E-state index in [0.29, 0.717) is 18.1 Å². The Balaban J connectivity index is 1.65. The zero-order valence-electron chi connectivity index (χ0n) is 11.8. The summed E-state index contributed by atoms with van der Waals surface area (Å²) in [6, 6.07) is 1.67. The number of carboxylic acids is 1. The molecule has 3 rings (SSSR count). The molecule has 108 valence electrons. The van der Waals surface area contributed by atoms with Gasteiger partial charge in [-0.15, -0.1) is 0 Å². The first-order valence-electron chi connectivity index (χ1n) is 7.90. The summed E-state index contributed by atoms with van der Waals surface area (Å²) in [7, 11) is 0. The predicted octanol–water partition coefficient (Wildman–Crippen LogP) is 1.70. The van der Waals surface area contributed by atoms with Crippen LogP contribution < -0.4 is 5.32 Å². The monoisotopic (exact) mass is 266 g/mol. The number of aliphatic carboxylic acids is 1. The normalized spacial score (nSPS) is 34.2. The lowest BCUT2D eigenvalue weighted by Gasteiger charge is -2.41. The van der Waals surface area contributed by atoms with Crippen LogP contribution in [-0.4, -0.2) is 47.2 Å². The van der Waals surface area contributed by atoms with E-state index in [9.17, 15) is 9.90 Å². The Morgan fingerprint density at radius 2 is 2.00 bits per heavy atom. The maximum Gasteiger partial charge on any atom is 0.307 e. The summed E-state index contributed by atoms with van der Waals surface area (Å²) in [4.78, 5) is 13.9. The molecule has 0 aromatic carbocycles. The van der Waals surface area contributed by atoms with Gasteiger partial charge < -0.3 is 10.4 Å². The molecule has 2 aliphatic carbocycles. The fourth-order valence-electron chi connectivity index (χ4n) is 3.66. The highest BCUT2D eigenvalue weighted by Crippen LogP contribution is 2.38. The first kappa shape index (κ1) is 13.4. The SMILES string of the molecule is CCC(C1CC1)N1CC(NC2CC2)CC(C(=O)O)C1. The van der Waals surface area contributed by atoms with Crippen molar-refractivity contribution < 1.29 is 9.90 Å². The Bertz CT molecular complexity index is 339. The minimum absolute atomic E-state index is 0.183. The second-order valence-electron chi connectivity index (χ2n) is 6.68. The number of hydrogen-bond donors (Lipinski definition) is 2. The van der Waals surface area contributed by atoms with Crippen molar-refractivity contribution in [2.45, 2.75) is 63.6 Å². The second kappa shape index (κ2) is 5.41. The lowest BCUT2D eigenvalue weighted by Crippen LogP contribution is -2.54. The number of nitrogens with one attached hydrogen (secondary N) is 1. The maximum absolute atomic E-state index is 11.4. The number of carboxylic acid groups (broad SMARTS) is 1. The first-order valence-corrected chi connectivity index (χ1v) is 7.90. The van der Waals surface area contributed by atoms with Gasteiger partial charge in [-0.1, -0.05) is 6.92 Å². The molecular weight excluding hydrogens is 240 g/mol. The number of likely N-dealkylation sites (tertiary alicyclic amines) is 1. The lowest BCUT2D eigenvalue weighted by atomic mass is 9.91. The summed E-state index contributed by atoms with van der Waals surface area (Å²) in [6.07, 6.45) is 7.19. The molecule has 2 N–H and O–H groups in total. The molecule has 4 heteroatoms. The van der Waals surface area contributed by atoms with Crippen LogP contribution in [0.2, 0.25) is 0 Å². The van der Waals surface area contributed by atoms with E-state index in [-0.39, 0.29) is 5.92 Å². The predicted molar refractivity (Wildman–Crippen MR) is 74.1 cm³/mol. The Kier molecular flexibility index (Phi) is 3.81. The molecule has 3 aliphatic rings. The van der Waals surface area contributed by atoms with Crippen molar-refractivity contribution in [1.82, 2.24) is 10.2 Å². The number of carbonyl (C=O) groups is 1. The van der Waals surface area contributed by atoms with Crippen molar-refractivity contribution >= 4 is 5.97 Å². The molecule has 0 radical (unpaired) electrons. The molecule has 1 aliphatic heterocycles. The molecule has 3 fully saturated rings. The molecule has 0 amide bonds. The van der Waals surface area contributed by atoms with E-state index in [0.717, 1.165) is 31.8 Å². The molecule has 1 saturated heterocycles. The maximum atomic E-state index is 11.4. The van der Waals surface area contributed by atoms with Crippen LogP contribution in [0.5, 0.6) is 0 Å². The Morgan fingerprint density at radius 3 is 2.53 bits per heavy atom. The van der Waals surface area contributed by atoms with Gasteiger partial charge >= 0.3 is 5.97 Å². The van der Waals surface area contributed by atoms with Gasteiger partial charge in [0.05, 0.1) is 5.92 Å². The van der Waals surface area contributed by atoms with E-state index in [1.54, 1.807) is 0 Å². The van der Waals surface area contributed by atoms with Gasteiger partial charge in [-0.3, -0.25) is 9.69 Å². The highest BCUT2D eigenvalue weighted by molar-refractivity contribution is 5.70. The molecule has 2 saturated carbocycles. The van der Waals surface area contributed by atoms with Crippen molar-refractivity contribution in [3.63, 3.8) is 0 Å². The Hall–Kier alpha value is -0.610. The van der Waals surface area contributed by atoms with E-state index in [1.165, 1.54) is 25.7 Å². The van der Waals surface area contributed by atoms with Gasteiger partial charge in [-0.25, -0.2) is 0 Å². The van der Waals surface area contributed by atoms with Gasteiger partial charge in [0.25, 0.3) is 0 Å². The van der Waals surface area contributed by atoms with E-state index < -0.39 is 5.97 Å². The van der Waals surface area contributed by atoms with Gasteiger partial charge in [-0.05, 0) is 44.4 Å². The third kappa shape index (κ3) is 3.29. The van der Waals surface area contributed by atoms with E-state index in [2.05, 4.69) is 17.1 Å². The summed E-state index contributed by atoms with van der Waals surface area (Å²) in [5.74, 6) is 0.0369. The number of piperidine rings is 1. The van der Waals surface area contributed by atoms with Crippen molar-refractivity contribution in [2.24, 2.45) is 11.8 Å². The molecule has 4 nitrogen and oxygen atoms in total. The van der Waals surface area contributed by atoms with Gasteiger partial charge in [0.15, 0.2) is 0 Å². The fourth-order valence-corrected chi connectivity index (χ4v) is 3.66. The van der Waals surface area contributed by atoms with Crippen LogP contribution in [0.15, 0.2) is 0 Å². The van der Waals surface area contributed by atoms with Gasteiger partial charge in [-0.2, -0.15) is 0 Å². The average Bonchev–Trinajstić information content (AvgIpc) is 3.23. The Morgan fingerprint density at radius 1 is 1.26 bits per heavy atom. The van der Waals surface area contributed by atoms with Gasteiger partial charge in [0.1, 0.15) is 0 Å². The molecule has 0 aromatic rings. The minimum Gasteiger partial charge on any atom is -0.481 e. The molecule has 0 bridgehead atoms. The van der Waals surface area contributed by atoms with Crippen molar-refractivity contribution in [3.05, 3.63) is 0 Å². The quantitative estimate of drug-likeness (QED) is 0.768. The summed E-state index contributed by atoms with van der Waals surface area (Å²) < 4.78 is 0. The topological polar surface area (TPSA) is 52.6 Å². The molecular formula is C15H26N2O2. The van der Waals surface area contributed by atoms with Crippen LogP contribution in [0.25, 0.3) is 0 Å². The molecule has 1 heterocycles. The largest absolute Gasteiger partial charge is 0.481 e. The van der Waals surface area contributed by atoms with E-state index in [4.69, 9.17) is 0 Å². The highest BCUT2D eigenvalue weighted by Gasteiger charge is 2.40. The number of hydrogen-bond acceptors (Lipinski definition) is 3. The molecule has 0 aromatic heterocycles. The molecule has 19 heavy (non-hydrogen) atoms. The third-order valence-corrected chi connectivity index (χ3v) is 4.93. The van der Waals surface area contributed by atoms with Crippen LogP contribution in [-0.2, 0) is 4.79 Å². The van der Waals surface area contributed by atoms with Crippen molar-refractivity contribution in [1.29, 1.82) is 0 Å². The summed E-state index contributed by atoms with van der Waals surface area (Å²) in [5, 5.41) is 13.0. The molecule has 0 spiro atoms. The highest BCUT2D eigenvalue weighted by atomic mass is 16.4. The van der Waals surface area contributed by atoms with Crippen LogP contribution in [0.3, 0.4) is 0 Å². The minimum atomic E-state index is -0.613. The molecule has 3 atom stereocenters. The van der Waals surface area contributed by atoms with Crippen LogP contribution >= 0.6 is 0 Å². The smallest absolute Gasteiger partial charge is 0.307 e. The molecule has 3 unspecified atom stereocenters. The van der Waals surface area contributed by atoms with E-state index >= 15 is 0 Å². The number of rotatable bonds is 6. The average molecular weight is 266 g/mol. The van der Waals surface area contributed by atoms with Crippen LogP contribution in [0, 0.1) is 11.8 Å². The zero-order valence-corrected chi connectivity index (χ0v) is 11.8. The third-order valence-electron chi connectivity index (χ3n) is 4.93. The number of nitrogens with zero attached hydrogens (tertiary/aromatic N) is 1. The van der Waals surface area contributed by atoms with E-state index in [1.807, 2.05) is 0 Å². The standard InChI is InChI=1S/C15H26N2O2/c1-2-14(10-3-4-10)17-8-11(15(18)19)7-13(9-17)16-12-5-6-12/h10-14,16H,2-9H2,1H3,(H,18,19). The Labute approximate surface area is 115 Å². The lowest BCUT2D eigenvalue weighted by molar-refractivity contribution is -0.144. The zero-order chi connectivity index (χ0) is 13.4. The van der Waals surface area contributed by atoms with Crippen molar-refractivity contribution in [2.75, 3.05) is 13.1 Å². The first-order chi connectivity index (χ1) is 9.17. The summed E-state index contributed by atoms with van der Waals surface area (Å²) in [6.45, 7) is 4.05. The summed E-state index contributed by atoms with van der Waals surface area (Å²) in [5.41, 5.74) is 0. The van der Waals surface area contributed by atoms with Crippen LogP contribution in [0.1, 0.15) is 45.4 Å². The fraction of sp³-hybridized carbons (Fsp3) is 0.933.